The maximum absolute atomic E-state index is 11.5. The molecule has 1 heterocycles. The minimum absolute atomic E-state index is 0.00284. The number of hydrogen-bond acceptors (Lipinski definition) is 2. The van der Waals surface area contributed by atoms with Crippen LogP contribution in [0.1, 0.15) is 33.1 Å². The van der Waals surface area contributed by atoms with Crippen molar-refractivity contribution in [3.63, 3.8) is 0 Å². The number of esters is 1. The molecule has 2 rings (SSSR count). The number of carbonyl (C=O) groups excluding carboxylic acids is 1. The normalized spacial score (nSPS) is 43.6. The highest BCUT2D eigenvalue weighted by atomic mass is 127. The topological polar surface area (TPSA) is 26.3 Å². The van der Waals surface area contributed by atoms with Crippen LogP contribution in [0.15, 0.2) is 0 Å². The van der Waals surface area contributed by atoms with E-state index in [0.717, 1.165) is 17.3 Å². The molecule has 0 bridgehead atoms. The first-order valence-corrected chi connectivity index (χ1v) is 7.30. The fourth-order valence-corrected chi connectivity index (χ4v) is 4.34. The van der Waals surface area contributed by atoms with E-state index in [4.69, 9.17) is 16.3 Å². The molecule has 0 spiro atoms. The second-order valence-electron chi connectivity index (χ2n) is 5.26. The lowest BCUT2D eigenvalue weighted by Gasteiger charge is -2.48. The summed E-state index contributed by atoms with van der Waals surface area (Å²) in [5.74, 6) is 0.237. The number of halogens is 2. The van der Waals surface area contributed by atoms with Gasteiger partial charge in [0, 0.05) is 15.7 Å². The number of alkyl halides is 2. The summed E-state index contributed by atoms with van der Waals surface area (Å²) in [6.07, 6.45) is 2.41. The fourth-order valence-electron chi connectivity index (χ4n) is 3.01. The molecule has 4 heteroatoms. The molecule has 0 unspecified atom stereocenters. The molecule has 86 valence electrons. The zero-order valence-electron chi connectivity index (χ0n) is 9.06. The first-order chi connectivity index (χ1) is 6.92. The van der Waals surface area contributed by atoms with Crippen molar-refractivity contribution in [3.8, 4) is 0 Å². The van der Waals surface area contributed by atoms with E-state index in [2.05, 4.69) is 36.4 Å². The Morgan fingerprint density at radius 2 is 2.27 bits per heavy atom. The number of rotatable bonds is 1. The van der Waals surface area contributed by atoms with E-state index < -0.39 is 0 Å². The maximum atomic E-state index is 11.5. The standard InChI is InChI=1S/C11H16ClIO2/c1-10(2)7-5-9(14)15-11(7,6-13)4-3-8(10)12/h7-8H,3-6H2,1-2H3/t7-,8-,11-/m1/s1. The van der Waals surface area contributed by atoms with Crippen LogP contribution in [0.3, 0.4) is 0 Å². The third-order valence-electron chi connectivity index (χ3n) is 4.08. The molecule has 1 saturated heterocycles. The highest BCUT2D eigenvalue weighted by molar-refractivity contribution is 14.1. The predicted octanol–water partition coefficient (Wildman–Crippen LogP) is 3.15. The Morgan fingerprint density at radius 1 is 1.60 bits per heavy atom. The van der Waals surface area contributed by atoms with E-state index in [9.17, 15) is 4.79 Å². The first kappa shape index (κ1) is 12.0. The Labute approximate surface area is 109 Å². The molecule has 0 radical (unpaired) electrons. The van der Waals surface area contributed by atoms with Gasteiger partial charge in [0.1, 0.15) is 5.60 Å². The van der Waals surface area contributed by atoms with Gasteiger partial charge >= 0.3 is 5.97 Å². The molecule has 0 N–H and O–H groups in total. The van der Waals surface area contributed by atoms with Crippen molar-refractivity contribution in [2.24, 2.45) is 11.3 Å². The van der Waals surface area contributed by atoms with Gasteiger partial charge in [-0.3, -0.25) is 4.79 Å². The van der Waals surface area contributed by atoms with Gasteiger partial charge in [-0.1, -0.05) is 36.4 Å². The molecule has 0 aromatic heterocycles. The fraction of sp³-hybridized carbons (Fsp3) is 0.909. The van der Waals surface area contributed by atoms with Crippen molar-refractivity contribution < 1.29 is 9.53 Å². The third-order valence-corrected chi connectivity index (χ3v) is 6.15. The smallest absolute Gasteiger partial charge is 0.306 e. The van der Waals surface area contributed by atoms with Gasteiger partial charge in [0.2, 0.25) is 0 Å². The van der Waals surface area contributed by atoms with Crippen LogP contribution in [0, 0.1) is 11.3 Å². The summed E-state index contributed by atoms with van der Waals surface area (Å²) in [6, 6.07) is 0. The molecule has 0 aromatic carbocycles. The summed E-state index contributed by atoms with van der Waals surface area (Å²) in [7, 11) is 0. The molecule has 2 nitrogen and oxygen atoms in total. The van der Waals surface area contributed by atoms with Gasteiger partial charge in [0.05, 0.1) is 6.42 Å². The zero-order valence-corrected chi connectivity index (χ0v) is 12.0. The van der Waals surface area contributed by atoms with Crippen LogP contribution < -0.4 is 0 Å². The Kier molecular flexibility index (Phi) is 3.00. The van der Waals surface area contributed by atoms with Gasteiger partial charge in [0.25, 0.3) is 0 Å². The van der Waals surface area contributed by atoms with Crippen molar-refractivity contribution in [1.82, 2.24) is 0 Å². The van der Waals surface area contributed by atoms with Gasteiger partial charge in [-0.15, -0.1) is 11.6 Å². The molecule has 15 heavy (non-hydrogen) atoms. The predicted molar refractivity (Wildman–Crippen MR) is 68.5 cm³/mol. The van der Waals surface area contributed by atoms with Crippen molar-refractivity contribution in [1.29, 1.82) is 0 Å². The lowest BCUT2D eigenvalue weighted by atomic mass is 9.61. The summed E-state index contributed by atoms with van der Waals surface area (Å²) in [5.41, 5.74) is -0.232. The van der Waals surface area contributed by atoms with Crippen LogP contribution in [-0.4, -0.2) is 21.4 Å². The molecule has 0 amide bonds. The number of fused-ring (bicyclic) bond motifs is 1. The zero-order chi connectivity index (χ0) is 11.3. The SMILES string of the molecule is CC1(C)[C@H](Cl)CC[C@]2(CI)OC(=O)C[C@H]12. The summed E-state index contributed by atoms with van der Waals surface area (Å²) in [4.78, 5) is 11.5. The average molecular weight is 343 g/mol. The van der Waals surface area contributed by atoms with Crippen molar-refractivity contribution >= 4 is 40.2 Å². The molecular formula is C11H16ClIO2. The van der Waals surface area contributed by atoms with Crippen LogP contribution in [0.25, 0.3) is 0 Å². The van der Waals surface area contributed by atoms with Crippen LogP contribution in [0.2, 0.25) is 0 Å². The minimum Gasteiger partial charge on any atom is -0.458 e. The third kappa shape index (κ3) is 1.70. The van der Waals surface area contributed by atoms with E-state index in [1.165, 1.54) is 0 Å². The second-order valence-corrected chi connectivity index (χ2v) is 6.55. The maximum Gasteiger partial charge on any atom is 0.306 e. The molecular weight excluding hydrogens is 326 g/mol. The highest BCUT2D eigenvalue weighted by Crippen LogP contribution is 2.55. The minimum atomic E-state index is -0.230. The van der Waals surface area contributed by atoms with Crippen molar-refractivity contribution in [2.75, 3.05) is 4.43 Å². The largest absolute Gasteiger partial charge is 0.458 e. The van der Waals surface area contributed by atoms with Crippen molar-refractivity contribution in [2.45, 2.75) is 44.1 Å². The second kappa shape index (κ2) is 3.76. The lowest BCUT2D eigenvalue weighted by Crippen LogP contribution is -2.52. The van der Waals surface area contributed by atoms with Crippen LogP contribution in [0.5, 0.6) is 0 Å². The lowest BCUT2D eigenvalue weighted by molar-refractivity contribution is -0.150. The monoisotopic (exact) mass is 342 g/mol. The van der Waals surface area contributed by atoms with Gasteiger partial charge in [0.15, 0.2) is 0 Å². The van der Waals surface area contributed by atoms with E-state index in [1.807, 2.05) is 0 Å². The molecule has 3 atom stereocenters. The van der Waals surface area contributed by atoms with E-state index >= 15 is 0 Å². The van der Waals surface area contributed by atoms with E-state index in [0.29, 0.717) is 6.42 Å². The first-order valence-electron chi connectivity index (χ1n) is 5.34. The summed E-state index contributed by atoms with van der Waals surface area (Å²) in [6.45, 7) is 4.33. The van der Waals surface area contributed by atoms with Gasteiger partial charge in [-0.25, -0.2) is 0 Å². The van der Waals surface area contributed by atoms with Crippen LogP contribution >= 0.6 is 34.2 Å². The number of carbonyl (C=O) groups is 1. The van der Waals surface area contributed by atoms with Crippen molar-refractivity contribution in [3.05, 3.63) is 0 Å². The van der Waals surface area contributed by atoms with Gasteiger partial charge < -0.3 is 4.74 Å². The quantitative estimate of drug-likeness (QED) is 0.416. The van der Waals surface area contributed by atoms with Crippen LogP contribution in [0.4, 0.5) is 0 Å². The Bertz CT molecular complexity index is 292. The Balaban J connectivity index is 2.35. The Hall–Kier alpha value is 0.490. The molecule has 1 aliphatic carbocycles. The summed E-state index contributed by atoms with van der Waals surface area (Å²) in [5, 5.41) is 0.160. The van der Waals surface area contributed by atoms with E-state index in [1.54, 1.807) is 0 Å². The van der Waals surface area contributed by atoms with Gasteiger partial charge in [-0.05, 0) is 18.3 Å². The van der Waals surface area contributed by atoms with Gasteiger partial charge in [-0.2, -0.15) is 0 Å². The summed E-state index contributed by atoms with van der Waals surface area (Å²) >= 11 is 8.70. The Morgan fingerprint density at radius 3 is 2.87 bits per heavy atom. The molecule has 0 aromatic rings. The molecule has 1 saturated carbocycles. The molecule has 2 aliphatic rings. The van der Waals surface area contributed by atoms with Crippen LogP contribution in [-0.2, 0) is 9.53 Å². The van der Waals surface area contributed by atoms with E-state index in [-0.39, 0.29) is 28.3 Å². The molecule has 2 fully saturated rings. The number of ether oxygens (including phenoxy) is 1. The average Bonchev–Trinajstić information content (AvgIpc) is 2.52. The highest BCUT2D eigenvalue weighted by Gasteiger charge is 2.59. The summed E-state index contributed by atoms with van der Waals surface area (Å²) < 4.78 is 6.46. The molecule has 1 aliphatic heterocycles. The number of hydrogen-bond donors (Lipinski definition) is 0.